The molecule has 2 aliphatic heterocycles. The van der Waals surface area contributed by atoms with Gasteiger partial charge in [-0.3, -0.25) is 9.78 Å². The summed E-state index contributed by atoms with van der Waals surface area (Å²) in [5.41, 5.74) is 16.1. The average molecular weight is 703 g/mol. The molecule has 0 fully saturated rings. The minimum Gasteiger partial charge on any atom is -0.356 e. The number of hydrogen-bond donors (Lipinski definition) is 3. The van der Waals surface area contributed by atoms with Gasteiger partial charge in [0.1, 0.15) is 0 Å². The van der Waals surface area contributed by atoms with E-state index in [-0.39, 0.29) is 17.7 Å². The molecule has 8 bridgehead atoms. The molecular formula is C44H57N5OP+. The number of benzene rings is 1. The van der Waals surface area contributed by atoms with Crippen LogP contribution in [0.25, 0.3) is 33.7 Å². The van der Waals surface area contributed by atoms with Crippen molar-refractivity contribution < 1.29 is 4.79 Å². The molecule has 2 aliphatic rings. The van der Waals surface area contributed by atoms with Gasteiger partial charge in [0.25, 0.3) is 0 Å². The molecule has 0 spiro atoms. The van der Waals surface area contributed by atoms with E-state index >= 15 is 0 Å². The van der Waals surface area contributed by atoms with Gasteiger partial charge >= 0.3 is 0 Å². The lowest BCUT2D eigenvalue weighted by Crippen LogP contribution is -2.24. The van der Waals surface area contributed by atoms with E-state index in [2.05, 4.69) is 118 Å². The Hall–Kier alpha value is -4.02. The van der Waals surface area contributed by atoms with Gasteiger partial charge in [0.2, 0.25) is 5.91 Å². The van der Waals surface area contributed by atoms with Gasteiger partial charge in [-0.2, -0.15) is 0 Å². The van der Waals surface area contributed by atoms with E-state index in [0.717, 1.165) is 88.2 Å². The molecule has 0 saturated heterocycles. The highest BCUT2D eigenvalue weighted by Gasteiger charge is 2.31. The molecule has 0 radical (unpaired) electrons. The Morgan fingerprint density at radius 3 is 2.18 bits per heavy atom. The van der Waals surface area contributed by atoms with E-state index in [0.29, 0.717) is 15.0 Å². The highest BCUT2D eigenvalue weighted by molar-refractivity contribution is 7.47. The largest absolute Gasteiger partial charge is 0.356 e. The molecule has 1 unspecified atom stereocenters. The first-order valence-corrected chi connectivity index (χ1v) is 20.6. The third-order valence-electron chi connectivity index (χ3n) is 11.2. The van der Waals surface area contributed by atoms with E-state index in [1.165, 1.54) is 53.0 Å². The predicted octanol–water partition coefficient (Wildman–Crippen LogP) is 10.0. The third kappa shape index (κ3) is 8.23. The fourth-order valence-corrected chi connectivity index (χ4v) is 9.31. The van der Waals surface area contributed by atoms with Crippen molar-refractivity contribution in [3.8, 4) is 0 Å². The summed E-state index contributed by atoms with van der Waals surface area (Å²) in [5.74, 6) is 0.461. The van der Waals surface area contributed by atoms with Crippen LogP contribution in [0.5, 0.6) is 0 Å². The maximum atomic E-state index is 13.1. The first-order chi connectivity index (χ1) is 24.7. The molecule has 0 aliphatic carbocycles. The smallest absolute Gasteiger partial charge is 0.220 e. The number of hydrogen-bond acceptors (Lipinski definition) is 3. The molecule has 3 atom stereocenters. The van der Waals surface area contributed by atoms with E-state index in [9.17, 15) is 4.79 Å². The van der Waals surface area contributed by atoms with Gasteiger partial charge in [-0.15, -0.1) is 0 Å². The van der Waals surface area contributed by atoms with Gasteiger partial charge in [-0.25, -0.2) is 4.98 Å². The maximum Gasteiger partial charge on any atom is 0.220 e. The summed E-state index contributed by atoms with van der Waals surface area (Å²) in [6.45, 7) is 16.2. The van der Waals surface area contributed by atoms with E-state index < -0.39 is 0 Å². The molecule has 51 heavy (non-hydrogen) atoms. The SMILES string of the molecule is CCc1c(C)c2cc3[nH]c(cc4nc(c(C)c5nc(cc1[nH]2)C(C)=C5)[C@@H](CCC(=O)NCCCCCC[PH2+]c1ccccc1)[C@@H]4C)c(C)c3CC. The number of carbonyl (C=O) groups excluding carboxylic acids is 1. The number of aromatic nitrogens is 4. The number of fused-ring (bicyclic) bond motifs is 8. The van der Waals surface area contributed by atoms with Crippen LogP contribution in [0.4, 0.5) is 0 Å². The van der Waals surface area contributed by atoms with Crippen molar-refractivity contribution in [1.82, 2.24) is 25.3 Å². The van der Waals surface area contributed by atoms with E-state index in [4.69, 9.17) is 9.97 Å². The monoisotopic (exact) mass is 702 g/mol. The Labute approximate surface area is 306 Å². The van der Waals surface area contributed by atoms with E-state index in [1.807, 2.05) is 0 Å². The molecule has 6 nitrogen and oxygen atoms in total. The third-order valence-corrected chi connectivity index (χ3v) is 12.8. The lowest BCUT2D eigenvalue weighted by molar-refractivity contribution is -0.121. The maximum absolute atomic E-state index is 13.1. The lowest BCUT2D eigenvalue weighted by atomic mass is 9.85. The van der Waals surface area contributed by atoms with Crippen molar-refractivity contribution in [2.45, 2.75) is 112 Å². The standard InChI is InChI=1S/C44H56N5OP/c1-8-33-29(5)39-26-42-34(9-2)28(4)38(47-42)25-40-30(6)35(44(49-40)31(7)37-23-27(3)36(46-37)24-41(33)48-39)19-20-43(50)45-21-15-10-11-16-22-51-32-17-13-12-14-18-32/h12-14,17-18,23-26,30,35,47-48,51H,8-11,15-16,19-22H2,1-7H3,(H,45,50)/p+1/t30-,35-/m0/s1. The number of carbonyl (C=O) groups is 1. The Bertz CT molecular complexity index is 2070. The molecule has 6 rings (SSSR count). The summed E-state index contributed by atoms with van der Waals surface area (Å²) in [7, 11) is 0.373. The highest BCUT2D eigenvalue weighted by Crippen LogP contribution is 2.42. The molecule has 1 amide bonds. The molecule has 1 aromatic carbocycles. The first-order valence-electron chi connectivity index (χ1n) is 19.2. The zero-order chi connectivity index (χ0) is 36.1. The number of aromatic amines is 2. The molecular weight excluding hydrogens is 645 g/mol. The van der Waals surface area contributed by atoms with Crippen molar-refractivity contribution in [3.05, 3.63) is 99.1 Å². The molecule has 5 heterocycles. The number of nitrogens with zero attached hydrogens (tertiary/aromatic N) is 2. The average Bonchev–Trinajstić information content (AvgIpc) is 3.83. The minimum atomic E-state index is 0.140. The zero-order valence-corrected chi connectivity index (χ0v) is 33.0. The van der Waals surface area contributed by atoms with Crippen LogP contribution in [0, 0.1) is 20.8 Å². The molecule has 268 valence electrons. The van der Waals surface area contributed by atoms with Gasteiger partial charge in [0.05, 0.1) is 22.9 Å². The van der Waals surface area contributed by atoms with Gasteiger partial charge in [-0.05, 0) is 136 Å². The highest BCUT2D eigenvalue weighted by atomic mass is 31.1. The Morgan fingerprint density at radius 1 is 0.804 bits per heavy atom. The number of H-pyrrole nitrogens is 2. The number of unbranched alkanes of at least 4 members (excludes halogenated alkanes) is 3. The van der Waals surface area contributed by atoms with Crippen LogP contribution in [0.3, 0.4) is 0 Å². The van der Waals surface area contributed by atoms with Crippen LogP contribution in [0.1, 0.15) is 129 Å². The molecule has 3 aromatic heterocycles. The van der Waals surface area contributed by atoms with Crippen molar-refractivity contribution in [2.24, 2.45) is 0 Å². The van der Waals surface area contributed by atoms with Gasteiger partial charge < -0.3 is 15.3 Å². The Kier molecular flexibility index (Phi) is 11.9. The summed E-state index contributed by atoms with van der Waals surface area (Å²) in [4.78, 5) is 31.1. The van der Waals surface area contributed by atoms with Gasteiger partial charge in [0.15, 0.2) is 0 Å². The van der Waals surface area contributed by atoms with Crippen LogP contribution in [-0.4, -0.2) is 38.5 Å². The van der Waals surface area contributed by atoms with Crippen LogP contribution in [-0.2, 0) is 17.6 Å². The van der Waals surface area contributed by atoms with Gasteiger partial charge in [0, 0.05) is 66.8 Å². The van der Waals surface area contributed by atoms with Crippen molar-refractivity contribution in [1.29, 1.82) is 0 Å². The Balaban J connectivity index is 1.23. The minimum absolute atomic E-state index is 0.140. The number of amides is 1. The first kappa shape index (κ1) is 36.8. The normalized spacial score (nSPS) is 15.9. The van der Waals surface area contributed by atoms with Crippen molar-refractivity contribution in [3.63, 3.8) is 0 Å². The topological polar surface area (TPSA) is 86.5 Å². The Morgan fingerprint density at radius 2 is 1.47 bits per heavy atom. The lowest BCUT2D eigenvalue weighted by Gasteiger charge is -2.17. The number of nitrogens with one attached hydrogen (secondary N) is 3. The van der Waals surface area contributed by atoms with Crippen molar-refractivity contribution >= 4 is 53.5 Å². The summed E-state index contributed by atoms with van der Waals surface area (Å²) in [6.07, 6.45) is 11.4. The summed E-state index contributed by atoms with van der Waals surface area (Å²) in [5, 5.41) is 4.72. The quantitative estimate of drug-likeness (QED) is 0.0958. The summed E-state index contributed by atoms with van der Waals surface area (Å²) >= 11 is 0. The molecule has 7 heteroatoms. The molecule has 3 N–H and O–H groups in total. The summed E-state index contributed by atoms with van der Waals surface area (Å²) < 4.78 is 0. The van der Waals surface area contributed by atoms with Crippen LogP contribution >= 0.6 is 8.58 Å². The number of rotatable bonds is 13. The van der Waals surface area contributed by atoms with Crippen molar-refractivity contribution in [2.75, 3.05) is 12.7 Å². The molecule has 0 saturated carbocycles. The van der Waals surface area contributed by atoms with Crippen LogP contribution in [0.15, 0.2) is 48.5 Å². The predicted molar refractivity (Wildman–Crippen MR) is 220 cm³/mol. The number of aryl methyl sites for hydroxylation is 4. The van der Waals surface area contributed by atoms with Crippen LogP contribution in [0.2, 0.25) is 0 Å². The fourth-order valence-electron chi connectivity index (χ4n) is 7.99. The van der Waals surface area contributed by atoms with Gasteiger partial charge in [-0.1, -0.05) is 45.4 Å². The molecule has 4 aromatic rings. The van der Waals surface area contributed by atoms with E-state index in [1.54, 1.807) is 0 Å². The van der Waals surface area contributed by atoms with Crippen LogP contribution < -0.4 is 10.6 Å². The second-order valence-electron chi connectivity index (χ2n) is 14.6. The second-order valence-corrected chi connectivity index (χ2v) is 16.3. The fraction of sp³-hybridized carbons (Fsp3) is 0.432. The zero-order valence-electron chi connectivity index (χ0n) is 31.8. The second kappa shape index (κ2) is 16.5. The summed E-state index contributed by atoms with van der Waals surface area (Å²) in [6, 6.07) is 17.6. The number of allylic oxidation sites excluding steroid dienone is 1.